The van der Waals surface area contributed by atoms with Gasteiger partial charge in [0.05, 0.1) is 12.4 Å². The van der Waals surface area contributed by atoms with Gasteiger partial charge in [0.15, 0.2) is 0 Å². The lowest BCUT2D eigenvalue weighted by Crippen LogP contribution is -2.54. The predicted octanol–water partition coefficient (Wildman–Crippen LogP) is 2.45. The standard InChI is InChI=1S/C14H23NO2/c1-14(2,15-8-4-3-5-9-15)13(16)11-12-7-6-10-17-12/h6-7,10,13,16H,3-5,8-9,11H2,1-2H3. The molecule has 1 N–H and O–H groups in total. The van der Waals surface area contributed by atoms with Gasteiger partial charge in [-0.25, -0.2) is 0 Å². The number of aliphatic hydroxyl groups excluding tert-OH is 1. The molecule has 0 spiro atoms. The molecule has 1 aliphatic heterocycles. The Kier molecular flexibility index (Phi) is 3.89. The van der Waals surface area contributed by atoms with Crippen molar-refractivity contribution in [2.24, 2.45) is 0 Å². The van der Waals surface area contributed by atoms with E-state index >= 15 is 0 Å². The molecule has 1 aliphatic rings. The van der Waals surface area contributed by atoms with Crippen molar-refractivity contribution in [1.82, 2.24) is 4.90 Å². The predicted molar refractivity (Wildman–Crippen MR) is 67.9 cm³/mol. The molecule has 2 heterocycles. The van der Waals surface area contributed by atoms with Crippen molar-refractivity contribution in [1.29, 1.82) is 0 Å². The molecule has 1 saturated heterocycles. The number of hydrogen-bond donors (Lipinski definition) is 1. The van der Waals surface area contributed by atoms with E-state index in [4.69, 9.17) is 4.42 Å². The summed E-state index contributed by atoms with van der Waals surface area (Å²) in [4.78, 5) is 2.41. The monoisotopic (exact) mass is 237 g/mol. The minimum Gasteiger partial charge on any atom is -0.469 e. The van der Waals surface area contributed by atoms with Gasteiger partial charge in [-0.3, -0.25) is 4.90 Å². The number of piperidine rings is 1. The van der Waals surface area contributed by atoms with Crippen LogP contribution in [0.3, 0.4) is 0 Å². The van der Waals surface area contributed by atoms with Gasteiger partial charge < -0.3 is 9.52 Å². The molecule has 3 nitrogen and oxygen atoms in total. The van der Waals surface area contributed by atoms with E-state index in [0.29, 0.717) is 6.42 Å². The first-order chi connectivity index (χ1) is 8.10. The van der Waals surface area contributed by atoms with Crippen LogP contribution in [-0.2, 0) is 6.42 Å². The third kappa shape index (κ3) is 2.90. The van der Waals surface area contributed by atoms with Gasteiger partial charge in [-0.05, 0) is 51.9 Å². The summed E-state index contributed by atoms with van der Waals surface area (Å²) in [7, 11) is 0. The van der Waals surface area contributed by atoms with E-state index in [0.717, 1.165) is 18.8 Å². The van der Waals surface area contributed by atoms with E-state index in [1.807, 2.05) is 12.1 Å². The lowest BCUT2D eigenvalue weighted by molar-refractivity contribution is -0.0208. The minimum absolute atomic E-state index is 0.173. The number of rotatable bonds is 4. The van der Waals surface area contributed by atoms with Crippen LogP contribution in [0.15, 0.2) is 22.8 Å². The van der Waals surface area contributed by atoms with Crippen LogP contribution in [0.5, 0.6) is 0 Å². The SMILES string of the molecule is CC(C)(C(O)Cc1ccco1)N1CCCCC1. The number of hydrogen-bond acceptors (Lipinski definition) is 3. The second kappa shape index (κ2) is 5.23. The summed E-state index contributed by atoms with van der Waals surface area (Å²) in [5.41, 5.74) is -0.173. The number of likely N-dealkylation sites (tertiary alicyclic amines) is 1. The molecule has 96 valence electrons. The normalized spacial score (nSPS) is 20.4. The van der Waals surface area contributed by atoms with E-state index in [1.54, 1.807) is 6.26 Å². The lowest BCUT2D eigenvalue weighted by Gasteiger charge is -2.43. The Morgan fingerprint density at radius 2 is 2.06 bits per heavy atom. The molecule has 0 amide bonds. The van der Waals surface area contributed by atoms with E-state index in [-0.39, 0.29) is 11.6 Å². The fraction of sp³-hybridized carbons (Fsp3) is 0.714. The van der Waals surface area contributed by atoms with Crippen molar-refractivity contribution in [2.45, 2.75) is 51.2 Å². The highest BCUT2D eigenvalue weighted by Crippen LogP contribution is 2.25. The van der Waals surface area contributed by atoms with Gasteiger partial charge in [-0.15, -0.1) is 0 Å². The zero-order valence-electron chi connectivity index (χ0n) is 10.9. The van der Waals surface area contributed by atoms with Gasteiger partial charge in [-0.1, -0.05) is 6.42 Å². The molecule has 2 rings (SSSR count). The first kappa shape index (κ1) is 12.7. The number of nitrogens with zero attached hydrogens (tertiary/aromatic N) is 1. The molecule has 0 radical (unpaired) electrons. The Hall–Kier alpha value is -0.800. The minimum atomic E-state index is -0.383. The third-order valence-electron chi connectivity index (χ3n) is 3.96. The summed E-state index contributed by atoms with van der Waals surface area (Å²) >= 11 is 0. The van der Waals surface area contributed by atoms with Gasteiger partial charge in [0.1, 0.15) is 5.76 Å². The van der Waals surface area contributed by atoms with Crippen LogP contribution in [0.25, 0.3) is 0 Å². The molecule has 0 aliphatic carbocycles. The maximum absolute atomic E-state index is 10.4. The van der Waals surface area contributed by atoms with E-state index in [2.05, 4.69) is 18.7 Å². The van der Waals surface area contributed by atoms with E-state index in [1.165, 1.54) is 19.3 Å². The molecule has 1 aromatic heterocycles. The van der Waals surface area contributed by atoms with Crippen molar-refractivity contribution in [3.8, 4) is 0 Å². The molecular weight excluding hydrogens is 214 g/mol. The molecule has 1 unspecified atom stereocenters. The van der Waals surface area contributed by atoms with Crippen molar-refractivity contribution < 1.29 is 9.52 Å². The largest absolute Gasteiger partial charge is 0.469 e. The number of furan rings is 1. The zero-order valence-corrected chi connectivity index (χ0v) is 10.9. The first-order valence-electron chi connectivity index (χ1n) is 6.56. The van der Waals surface area contributed by atoms with Crippen LogP contribution in [0.4, 0.5) is 0 Å². The molecule has 0 aromatic carbocycles. The molecule has 1 aromatic rings. The zero-order chi connectivity index (χ0) is 12.3. The molecule has 1 atom stereocenters. The van der Waals surface area contributed by atoms with Crippen LogP contribution >= 0.6 is 0 Å². The average molecular weight is 237 g/mol. The van der Waals surface area contributed by atoms with Gasteiger partial charge in [0.25, 0.3) is 0 Å². The summed E-state index contributed by atoms with van der Waals surface area (Å²) < 4.78 is 5.31. The van der Waals surface area contributed by atoms with Crippen molar-refractivity contribution in [2.75, 3.05) is 13.1 Å². The van der Waals surface area contributed by atoms with E-state index < -0.39 is 0 Å². The fourth-order valence-corrected chi connectivity index (χ4v) is 2.55. The van der Waals surface area contributed by atoms with Crippen LogP contribution < -0.4 is 0 Å². The summed E-state index contributed by atoms with van der Waals surface area (Å²) in [5.74, 6) is 0.864. The number of aliphatic hydroxyl groups is 1. The van der Waals surface area contributed by atoms with E-state index in [9.17, 15) is 5.11 Å². The van der Waals surface area contributed by atoms with Gasteiger partial charge in [0.2, 0.25) is 0 Å². The van der Waals surface area contributed by atoms with Crippen molar-refractivity contribution in [3.63, 3.8) is 0 Å². The van der Waals surface area contributed by atoms with Crippen LogP contribution in [0, 0.1) is 0 Å². The smallest absolute Gasteiger partial charge is 0.106 e. The highest BCUT2D eigenvalue weighted by molar-refractivity contribution is 5.03. The van der Waals surface area contributed by atoms with Gasteiger partial charge >= 0.3 is 0 Å². The second-order valence-corrected chi connectivity index (χ2v) is 5.50. The fourth-order valence-electron chi connectivity index (χ4n) is 2.55. The molecule has 0 saturated carbocycles. The summed E-state index contributed by atoms with van der Waals surface area (Å²) in [6.45, 7) is 6.46. The molecular formula is C14H23NO2. The lowest BCUT2D eigenvalue weighted by atomic mass is 9.90. The van der Waals surface area contributed by atoms with Gasteiger partial charge in [-0.2, -0.15) is 0 Å². The average Bonchev–Trinajstić information content (AvgIpc) is 2.83. The maximum atomic E-state index is 10.4. The van der Waals surface area contributed by atoms with Crippen LogP contribution in [0.2, 0.25) is 0 Å². The first-order valence-corrected chi connectivity index (χ1v) is 6.56. The highest BCUT2D eigenvalue weighted by atomic mass is 16.3. The second-order valence-electron chi connectivity index (χ2n) is 5.50. The van der Waals surface area contributed by atoms with Crippen LogP contribution in [0.1, 0.15) is 38.9 Å². The summed E-state index contributed by atoms with van der Waals surface area (Å²) in [6.07, 6.45) is 5.69. The highest BCUT2D eigenvalue weighted by Gasteiger charge is 2.35. The summed E-state index contributed by atoms with van der Waals surface area (Å²) in [6, 6.07) is 3.80. The molecule has 0 bridgehead atoms. The quantitative estimate of drug-likeness (QED) is 0.874. The van der Waals surface area contributed by atoms with Crippen molar-refractivity contribution >= 4 is 0 Å². The van der Waals surface area contributed by atoms with Gasteiger partial charge in [0, 0.05) is 12.0 Å². The Morgan fingerprint density at radius 1 is 1.35 bits per heavy atom. The third-order valence-corrected chi connectivity index (χ3v) is 3.96. The Bertz CT molecular complexity index is 326. The summed E-state index contributed by atoms with van der Waals surface area (Å²) in [5, 5.41) is 10.4. The Balaban J connectivity index is 1.98. The Morgan fingerprint density at radius 3 is 2.65 bits per heavy atom. The maximum Gasteiger partial charge on any atom is 0.106 e. The Labute approximate surface area is 103 Å². The molecule has 3 heteroatoms. The molecule has 1 fully saturated rings. The van der Waals surface area contributed by atoms with Crippen molar-refractivity contribution in [3.05, 3.63) is 24.2 Å². The topological polar surface area (TPSA) is 36.6 Å². The molecule has 17 heavy (non-hydrogen) atoms. The van der Waals surface area contributed by atoms with Crippen LogP contribution in [-0.4, -0.2) is 34.7 Å².